The smallest absolute Gasteiger partial charge is 0.200 e. The summed E-state index contributed by atoms with van der Waals surface area (Å²) in [5, 5.41) is 0. The number of nitrogens with zero attached hydrogens (tertiary/aromatic N) is 1. The predicted molar refractivity (Wildman–Crippen MR) is 63.3 cm³/mol. The van der Waals surface area contributed by atoms with Gasteiger partial charge in [0.15, 0.2) is 5.82 Å². The molecule has 1 heterocycles. The average molecular weight is 230 g/mol. The molecule has 0 fully saturated rings. The van der Waals surface area contributed by atoms with Crippen molar-refractivity contribution in [2.24, 2.45) is 0 Å². The van der Waals surface area contributed by atoms with Crippen LogP contribution in [0.3, 0.4) is 0 Å². The molecule has 0 aliphatic heterocycles. The van der Waals surface area contributed by atoms with Crippen LogP contribution >= 0.6 is 11.3 Å². The van der Waals surface area contributed by atoms with E-state index in [0.717, 1.165) is 10.2 Å². The van der Waals surface area contributed by atoms with Gasteiger partial charge in [-0.3, -0.25) is 0 Å². The maximum atomic E-state index is 13.7. The van der Waals surface area contributed by atoms with Crippen molar-refractivity contribution < 1.29 is 8.96 Å². The Morgan fingerprint density at radius 1 is 0.938 bits per heavy atom. The lowest BCUT2D eigenvalue weighted by atomic mass is 10.3. The zero-order chi connectivity index (χ0) is 11.0. The molecule has 3 aromatic rings. The van der Waals surface area contributed by atoms with Crippen molar-refractivity contribution in [3.05, 3.63) is 59.9 Å². The van der Waals surface area contributed by atoms with Crippen LogP contribution in [-0.2, 0) is 0 Å². The van der Waals surface area contributed by atoms with Crippen LogP contribution in [0.2, 0.25) is 0 Å². The summed E-state index contributed by atoms with van der Waals surface area (Å²) in [6, 6.07) is 14.8. The molecule has 16 heavy (non-hydrogen) atoms. The van der Waals surface area contributed by atoms with E-state index in [9.17, 15) is 4.39 Å². The van der Waals surface area contributed by atoms with Crippen molar-refractivity contribution in [3.8, 4) is 5.69 Å². The van der Waals surface area contributed by atoms with Crippen LogP contribution in [0.1, 0.15) is 0 Å². The molecule has 0 spiro atoms. The molecule has 78 valence electrons. The van der Waals surface area contributed by atoms with Gasteiger partial charge in [-0.1, -0.05) is 35.6 Å². The number of fused-ring (bicyclic) bond motifs is 1. The summed E-state index contributed by atoms with van der Waals surface area (Å²) >= 11 is 1.61. The van der Waals surface area contributed by atoms with E-state index >= 15 is 0 Å². The third kappa shape index (κ3) is 1.41. The molecule has 0 saturated carbocycles. The maximum Gasteiger partial charge on any atom is 0.247 e. The predicted octanol–water partition coefficient (Wildman–Crippen LogP) is 3.32. The van der Waals surface area contributed by atoms with E-state index in [1.165, 1.54) is 6.07 Å². The Labute approximate surface area is 96.4 Å². The molecule has 0 amide bonds. The molecule has 0 aliphatic carbocycles. The van der Waals surface area contributed by atoms with Crippen LogP contribution in [0.4, 0.5) is 4.39 Å². The molecular weight excluding hydrogens is 221 g/mol. The third-order valence-corrected chi connectivity index (χ3v) is 3.44. The maximum absolute atomic E-state index is 13.7. The van der Waals surface area contributed by atoms with E-state index in [1.54, 1.807) is 23.5 Å². The van der Waals surface area contributed by atoms with Gasteiger partial charge in [0, 0.05) is 12.1 Å². The molecule has 2 aromatic carbocycles. The van der Waals surface area contributed by atoms with Gasteiger partial charge in [-0.15, -0.1) is 4.57 Å². The van der Waals surface area contributed by atoms with Gasteiger partial charge in [-0.05, 0) is 12.1 Å². The standard InChI is InChI=1S/C13H9FNS/c14-10-5-1-2-6-11(10)15-9-16-13-8-4-3-7-12(13)15/h1-9H/q+1. The summed E-state index contributed by atoms with van der Waals surface area (Å²) in [7, 11) is 0. The number of halogens is 1. The van der Waals surface area contributed by atoms with E-state index in [1.807, 2.05) is 40.4 Å². The van der Waals surface area contributed by atoms with Crippen LogP contribution in [0.5, 0.6) is 0 Å². The number of hydrogen-bond acceptors (Lipinski definition) is 1. The molecule has 0 radical (unpaired) electrons. The molecule has 0 aliphatic rings. The summed E-state index contributed by atoms with van der Waals surface area (Å²) in [6.07, 6.45) is 0. The fraction of sp³-hybridized carbons (Fsp3) is 0. The quantitative estimate of drug-likeness (QED) is 0.565. The SMILES string of the molecule is Fc1ccccc1-[n+]1csc2ccccc21. The lowest BCUT2D eigenvalue weighted by Crippen LogP contribution is -2.29. The monoisotopic (exact) mass is 230 g/mol. The van der Waals surface area contributed by atoms with Crippen molar-refractivity contribution in [1.29, 1.82) is 0 Å². The van der Waals surface area contributed by atoms with Gasteiger partial charge < -0.3 is 0 Å². The van der Waals surface area contributed by atoms with Crippen LogP contribution in [0.25, 0.3) is 15.9 Å². The first kappa shape index (κ1) is 9.48. The molecule has 3 heteroatoms. The normalized spacial score (nSPS) is 10.8. The minimum Gasteiger partial charge on any atom is -0.200 e. The van der Waals surface area contributed by atoms with E-state index in [-0.39, 0.29) is 5.82 Å². The van der Waals surface area contributed by atoms with Crippen LogP contribution in [-0.4, -0.2) is 0 Å². The average Bonchev–Trinajstić information content (AvgIpc) is 2.74. The largest absolute Gasteiger partial charge is 0.247 e. The summed E-state index contributed by atoms with van der Waals surface area (Å²) < 4.78 is 16.7. The Kier molecular flexibility index (Phi) is 2.18. The summed E-state index contributed by atoms with van der Waals surface area (Å²) in [6.45, 7) is 0. The van der Waals surface area contributed by atoms with Crippen LogP contribution in [0, 0.1) is 5.82 Å². The van der Waals surface area contributed by atoms with E-state index < -0.39 is 0 Å². The van der Waals surface area contributed by atoms with Crippen molar-refractivity contribution in [2.45, 2.75) is 0 Å². The van der Waals surface area contributed by atoms with Crippen molar-refractivity contribution in [3.63, 3.8) is 0 Å². The third-order valence-electron chi connectivity index (χ3n) is 2.52. The summed E-state index contributed by atoms with van der Waals surface area (Å²) in [5.41, 5.74) is 3.57. The minimum absolute atomic E-state index is 0.198. The number of aromatic nitrogens is 1. The Morgan fingerprint density at radius 3 is 2.56 bits per heavy atom. The van der Waals surface area contributed by atoms with Gasteiger partial charge in [0.1, 0.15) is 4.70 Å². The first-order valence-corrected chi connectivity index (χ1v) is 5.87. The van der Waals surface area contributed by atoms with Gasteiger partial charge in [0.2, 0.25) is 16.7 Å². The first-order chi connectivity index (χ1) is 7.86. The van der Waals surface area contributed by atoms with Crippen LogP contribution < -0.4 is 4.57 Å². The minimum atomic E-state index is -0.198. The Balaban J connectivity index is 2.31. The highest BCUT2D eigenvalue weighted by Crippen LogP contribution is 2.18. The highest BCUT2D eigenvalue weighted by Gasteiger charge is 2.17. The molecule has 0 saturated heterocycles. The zero-order valence-electron chi connectivity index (χ0n) is 8.43. The van der Waals surface area contributed by atoms with Gasteiger partial charge in [0.25, 0.3) is 0 Å². The second-order valence-electron chi connectivity index (χ2n) is 3.51. The number of benzene rings is 2. The number of para-hydroxylation sites is 2. The molecule has 1 nitrogen and oxygen atoms in total. The van der Waals surface area contributed by atoms with Crippen molar-refractivity contribution >= 4 is 21.6 Å². The highest BCUT2D eigenvalue weighted by atomic mass is 32.1. The fourth-order valence-electron chi connectivity index (χ4n) is 1.76. The fourth-order valence-corrected chi connectivity index (χ4v) is 2.65. The molecule has 0 atom stereocenters. The lowest BCUT2D eigenvalue weighted by molar-refractivity contribution is -0.564. The number of thiazole rings is 1. The number of hydrogen-bond donors (Lipinski definition) is 0. The summed E-state index contributed by atoms with van der Waals surface area (Å²) in [4.78, 5) is 0. The Hall–Kier alpha value is -1.74. The molecule has 0 bridgehead atoms. The first-order valence-electron chi connectivity index (χ1n) is 4.99. The Bertz CT molecular complexity index is 645. The van der Waals surface area contributed by atoms with Crippen molar-refractivity contribution in [1.82, 2.24) is 0 Å². The topological polar surface area (TPSA) is 3.88 Å². The second kappa shape index (κ2) is 3.68. The number of rotatable bonds is 1. The Morgan fingerprint density at radius 2 is 1.69 bits per heavy atom. The van der Waals surface area contributed by atoms with E-state index in [0.29, 0.717) is 5.69 Å². The molecular formula is C13H9FNS+. The lowest BCUT2D eigenvalue weighted by Gasteiger charge is -1.94. The van der Waals surface area contributed by atoms with E-state index in [2.05, 4.69) is 0 Å². The van der Waals surface area contributed by atoms with Gasteiger partial charge >= 0.3 is 0 Å². The second-order valence-corrected chi connectivity index (χ2v) is 4.40. The van der Waals surface area contributed by atoms with Gasteiger partial charge in [-0.2, -0.15) is 4.39 Å². The van der Waals surface area contributed by atoms with Gasteiger partial charge in [-0.25, -0.2) is 0 Å². The molecule has 1 aromatic heterocycles. The summed E-state index contributed by atoms with van der Waals surface area (Å²) in [5.74, 6) is -0.198. The van der Waals surface area contributed by atoms with Crippen LogP contribution in [0.15, 0.2) is 54.0 Å². The van der Waals surface area contributed by atoms with E-state index in [4.69, 9.17) is 0 Å². The molecule has 0 N–H and O–H groups in total. The highest BCUT2D eigenvalue weighted by molar-refractivity contribution is 7.16. The zero-order valence-corrected chi connectivity index (χ0v) is 9.25. The van der Waals surface area contributed by atoms with Crippen molar-refractivity contribution in [2.75, 3.05) is 0 Å². The van der Waals surface area contributed by atoms with Gasteiger partial charge in [0.05, 0.1) is 0 Å². The molecule has 3 rings (SSSR count). The molecule has 0 unspecified atom stereocenters.